The van der Waals surface area contributed by atoms with Crippen molar-refractivity contribution in [3.8, 4) is 16.8 Å². The number of nitrogens with zero attached hydrogens (tertiary/aromatic N) is 1. The van der Waals surface area contributed by atoms with E-state index in [1.54, 1.807) is 0 Å². The van der Waals surface area contributed by atoms with Crippen molar-refractivity contribution in [2.24, 2.45) is 0 Å². The highest BCUT2D eigenvalue weighted by atomic mass is 16.3. The Morgan fingerprint density at radius 3 is 2.27 bits per heavy atom. The summed E-state index contributed by atoms with van der Waals surface area (Å²) in [4.78, 5) is 3.64. The molecule has 4 nitrogen and oxygen atoms in total. The molecule has 0 bridgehead atoms. The van der Waals surface area contributed by atoms with Crippen molar-refractivity contribution in [3.63, 3.8) is 0 Å². The number of H-pyrrole nitrogens is 1. The highest BCUT2D eigenvalue weighted by Gasteiger charge is 2.29. The maximum atomic E-state index is 6.56. The van der Waals surface area contributed by atoms with Crippen molar-refractivity contribution < 1.29 is 8.83 Å². The van der Waals surface area contributed by atoms with Crippen molar-refractivity contribution in [2.75, 3.05) is 0 Å². The largest absolute Gasteiger partial charge is 0.440 e. The molecule has 5 heterocycles. The van der Waals surface area contributed by atoms with E-state index in [0.29, 0.717) is 0 Å². The molecule has 10 rings (SSSR count). The summed E-state index contributed by atoms with van der Waals surface area (Å²) in [6, 6.07) is 34.3. The molecule has 0 fully saturated rings. The van der Waals surface area contributed by atoms with Gasteiger partial charge in [-0.2, -0.15) is 0 Å². The molecule has 5 heteroatoms. The van der Waals surface area contributed by atoms with Gasteiger partial charge in [-0.3, -0.25) is 4.57 Å². The summed E-state index contributed by atoms with van der Waals surface area (Å²) >= 11 is 0. The third kappa shape index (κ3) is 2.44. The van der Waals surface area contributed by atoms with E-state index in [9.17, 15) is 0 Å². The molecule has 1 N–H and O–H groups in total. The molecule has 1 aliphatic rings. The van der Waals surface area contributed by atoms with Crippen molar-refractivity contribution in [1.29, 1.82) is 0 Å². The number of nitrogens with one attached hydrogen (secondary N) is 1. The molecule has 4 aromatic heterocycles. The second-order valence-corrected chi connectivity index (χ2v) is 10.9. The molecule has 185 valence electrons. The zero-order valence-corrected chi connectivity index (χ0v) is 21.6. The van der Waals surface area contributed by atoms with Crippen molar-refractivity contribution in [1.82, 2.24) is 9.55 Å². The monoisotopic (exact) mass is 511 g/mol. The number of para-hydroxylation sites is 4. The fraction of sp³-hybridized carbons (Fsp3) is 0.0286. The van der Waals surface area contributed by atoms with Gasteiger partial charge in [0.2, 0.25) is 11.4 Å². The summed E-state index contributed by atoms with van der Waals surface area (Å²) in [5, 5.41) is 7.00. The molecule has 9 aromatic rings. The summed E-state index contributed by atoms with van der Waals surface area (Å²) in [7, 11) is 2.34. The van der Waals surface area contributed by atoms with Crippen LogP contribution in [0, 0.1) is 6.92 Å². The number of aromatic amines is 1. The molecule has 0 saturated carbocycles. The zero-order valence-electron chi connectivity index (χ0n) is 21.6. The van der Waals surface area contributed by atoms with E-state index < -0.39 is 0 Å². The van der Waals surface area contributed by atoms with Gasteiger partial charge in [0.1, 0.15) is 11.2 Å². The standard InChI is InChI=1S/C35H20BN2O2/c1-18-16-24(19-10-6-11-22-29-20-8-2-4-14-27(20)39-34(29)37-32(19)22)31-26(17-18)38-33-23(12-7-13-25(33)36-31)30-21-9-3-5-15-28(21)40-35(30)38/h2-17,37H,1H3. The minimum absolute atomic E-state index is 0.815. The van der Waals surface area contributed by atoms with Crippen LogP contribution in [0.5, 0.6) is 0 Å². The van der Waals surface area contributed by atoms with Crippen molar-refractivity contribution >= 4 is 84.1 Å². The van der Waals surface area contributed by atoms with Crippen LogP contribution in [0.25, 0.3) is 82.8 Å². The zero-order chi connectivity index (χ0) is 26.1. The van der Waals surface area contributed by atoms with E-state index in [0.717, 1.165) is 55.5 Å². The van der Waals surface area contributed by atoms with E-state index >= 15 is 0 Å². The third-order valence-electron chi connectivity index (χ3n) is 8.64. The number of hydrogen-bond acceptors (Lipinski definition) is 2. The van der Waals surface area contributed by atoms with Crippen LogP contribution in [0.3, 0.4) is 0 Å². The highest BCUT2D eigenvalue weighted by Crippen LogP contribution is 2.41. The lowest BCUT2D eigenvalue weighted by molar-refractivity contribution is 0.645. The van der Waals surface area contributed by atoms with Gasteiger partial charge in [-0.15, -0.1) is 0 Å². The molecule has 0 spiro atoms. The lowest BCUT2D eigenvalue weighted by Crippen LogP contribution is -2.37. The quantitative estimate of drug-likeness (QED) is 0.228. The normalized spacial score (nSPS) is 12.8. The second-order valence-electron chi connectivity index (χ2n) is 10.9. The predicted molar refractivity (Wildman–Crippen MR) is 165 cm³/mol. The van der Waals surface area contributed by atoms with Crippen LogP contribution < -0.4 is 10.9 Å². The van der Waals surface area contributed by atoms with E-state index in [1.165, 1.54) is 43.7 Å². The molecule has 0 atom stereocenters. The first-order valence-electron chi connectivity index (χ1n) is 13.6. The Morgan fingerprint density at radius 2 is 1.40 bits per heavy atom. The Bertz CT molecular complexity index is 2540. The van der Waals surface area contributed by atoms with Gasteiger partial charge in [0.25, 0.3) is 0 Å². The van der Waals surface area contributed by atoms with Crippen LogP contribution in [-0.2, 0) is 0 Å². The summed E-state index contributed by atoms with van der Waals surface area (Å²) in [6.07, 6.45) is 0. The number of benzene rings is 5. The van der Waals surface area contributed by atoms with E-state index in [2.05, 4.69) is 103 Å². The van der Waals surface area contributed by atoms with E-state index in [4.69, 9.17) is 8.83 Å². The van der Waals surface area contributed by atoms with Gasteiger partial charge in [-0.05, 0) is 41.7 Å². The van der Waals surface area contributed by atoms with Gasteiger partial charge in [-0.25, -0.2) is 0 Å². The maximum absolute atomic E-state index is 6.56. The molecular formula is C35H20BN2O2. The fourth-order valence-electron chi connectivity index (χ4n) is 7.04. The number of aryl methyl sites for hydroxylation is 1. The van der Waals surface area contributed by atoms with Crippen molar-refractivity contribution in [3.05, 3.63) is 103 Å². The second kappa shape index (κ2) is 7.07. The summed E-state index contributed by atoms with van der Waals surface area (Å²) in [5.74, 6) is 0. The first-order chi connectivity index (χ1) is 19.7. The first-order valence-corrected chi connectivity index (χ1v) is 13.6. The van der Waals surface area contributed by atoms with Crippen LogP contribution >= 0.6 is 0 Å². The average molecular weight is 511 g/mol. The van der Waals surface area contributed by atoms with Gasteiger partial charge in [0.05, 0.1) is 21.8 Å². The summed E-state index contributed by atoms with van der Waals surface area (Å²) in [5.41, 5.74) is 12.9. The first kappa shape index (κ1) is 20.8. The molecule has 0 saturated heterocycles. The minimum Gasteiger partial charge on any atom is -0.440 e. The number of hydrogen-bond donors (Lipinski definition) is 1. The minimum atomic E-state index is 0.815. The predicted octanol–water partition coefficient (Wildman–Crippen LogP) is 7.85. The van der Waals surface area contributed by atoms with Gasteiger partial charge in [-0.1, -0.05) is 84.3 Å². The Hall–Kier alpha value is -5.16. The summed E-state index contributed by atoms with van der Waals surface area (Å²) in [6.45, 7) is 2.18. The Balaban J connectivity index is 1.32. The van der Waals surface area contributed by atoms with Crippen LogP contribution in [0.1, 0.15) is 5.56 Å². The van der Waals surface area contributed by atoms with Crippen LogP contribution in [0.2, 0.25) is 0 Å². The van der Waals surface area contributed by atoms with E-state index in [1.807, 2.05) is 18.2 Å². The van der Waals surface area contributed by atoms with E-state index in [-0.39, 0.29) is 0 Å². The molecule has 0 unspecified atom stereocenters. The van der Waals surface area contributed by atoms with Crippen molar-refractivity contribution in [2.45, 2.75) is 6.92 Å². The molecule has 0 amide bonds. The molecule has 5 aromatic carbocycles. The lowest BCUT2D eigenvalue weighted by atomic mass is 9.59. The van der Waals surface area contributed by atoms with Gasteiger partial charge >= 0.3 is 0 Å². The van der Waals surface area contributed by atoms with Gasteiger partial charge in [0.15, 0.2) is 7.28 Å². The number of furan rings is 2. The lowest BCUT2D eigenvalue weighted by Gasteiger charge is -2.23. The topological polar surface area (TPSA) is 47.0 Å². The Morgan fingerprint density at radius 1 is 0.675 bits per heavy atom. The average Bonchev–Trinajstić information content (AvgIpc) is 3.71. The highest BCUT2D eigenvalue weighted by molar-refractivity contribution is 6.73. The summed E-state index contributed by atoms with van der Waals surface area (Å²) < 4.78 is 15.1. The smallest absolute Gasteiger partial charge is 0.213 e. The van der Waals surface area contributed by atoms with Crippen LogP contribution in [-0.4, -0.2) is 16.8 Å². The number of rotatable bonds is 1. The Kier molecular flexibility index (Phi) is 3.67. The fourth-order valence-corrected chi connectivity index (χ4v) is 7.04. The molecule has 1 radical (unpaired) electrons. The molecule has 0 aliphatic carbocycles. The maximum Gasteiger partial charge on any atom is 0.213 e. The Labute approximate surface area is 228 Å². The SMILES string of the molecule is Cc1cc(-c2cccc3c2[nH]c2oc4ccccc4c23)c2c(c1)-n1c3oc4ccccc4c3c3cccc(c31)[B]2. The molecule has 1 aliphatic heterocycles. The molecular weight excluding hydrogens is 491 g/mol. The number of fused-ring (bicyclic) bond motifs is 12. The number of aromatic nitrogens is 2. The van der Waals surface area contributed by atoms with Crippen LogP contribution in [0.4, 0.5) is 0 Å². The van der Waals surface area contributed by atoms with Gasteiger partial charge < -0.3 is 13.8 Å². The third-order valence-corrected chi connectivity index (χ3v) is 8.64. The molecule has 40 heavy (non-hydrogen) atoms. The van der Waals surface area contributed by atoms with Crippen LogP contribution in [0.15, 0.2) is 106 Å². The van der Waals surface area contributed by atoms with Gasteiger partial charge in [0, 0.05) is 32.8 Å².